The van der Waals surface area contributed by atoms with E-state index in [4.69, 9.17) is 4.52 Å². The van der Waals surface area contributed by atoms with Gasteiger partial charge in [-0.15, -0.1) is 5.10 Å². The monoisotopic (exact) mass is 245 g/mol. The molecule has 4 aromatic rings. The van der Waals surface area contributed by atoms with Gasteiger partial charge in [-0.25, -0.2) is 0 Å². The second-order valence-electron chi connectivity index (χ2n) is 4.44. The van der Waals surface area contributed by atoms with Gasteiger partial charge >= 0.3 is 0 Å². The van der Waals surface area contributed by atoms with Crippen molar-refractivity contribution in [2.45, 2.75) is 0 Å². The molecule has 0 spiro atoms. The summed E-state index contributed by atoms with van der Waals surface area (Å²) in [6.45, 7) is 0. The van der Waals surface area contributed by atoms with E-state index in [2.05, 4.69) is 46.9 Å². The summed E-state index contributed by atoms with van der Waals surface area (Å²) in [7, 11) is 0. The van der Waals surface area contributed by atoms with Crippen LogP contribution in [0.3, 0.4) is 0 Å². The molecule has 0 saturated carbocycles. The van der Waals surface area contributed by atoms with Crippen LogP contribution in [0.25, 0.3) is 32.9 Å². The van der Waals surface area contributed by atoms with Crippen molar-refractivity contribution in [3.8, 4) is 11.3 Å². The Balaban J connectivity index is 2.12. The van der Waals surface area contributed by atoms with Crippen LogP contribution in [-0.4, -0.2) is 10.4 Å². The zero-order valence-corrected chi connectivity index (χ0v) is 10.00. The third kappa shape index (κ3) is 1.59. The Labute approximate surface area is 109 Å². The largest absolute Gasteiger partial charge is 0.336 e. The molecule has 0 aliphatic heterocycles. The van der Waals surface area contributed by atoms with Crippen molar-refractivity contribution in [1.82, 2.24) is 10.4 Å². The minimum absolute atomic E-state index is 0.570. The number of rotatable bonds is 1. The standard InChI is InChI=1S/C16H9N2O/c1-2-5-12-9-15-13(8-11(12)4-1)6-3-7-14(15)16-10-17-18-19-16/h1-9H. The van der Waals surface area contributed by atoms with Gasteiger partial charge in [0, 0.05) is 10.8 Å². The van der Waals surface area contributed by atoms with E-state index in [0.29, 0.717) is 5.76 Å². The molecule has 1 radical (unpaired) electrons. The molecule has 0 unspecified atom stereocenters. The lowest BCUT2D eigenvalue weighted by Gasteiger charge is -2.05. The number of benzene rings is 3. The molecule has 3 nitrogen and oxygen atoms in total. The van der Waals surface area contributed by atoms with Crippen molar-refractivity contribution in [3.63, 3.8) is 0 Å². The van der Waals surface area contributed by atoms with Gasteiger partial charge in [0.05, 0.1) is 0 Å². The summed E-state index contributed by atoms with van der Waals surface area (Å²) < 4.78 is 5.12. The molecule has 89 valence electrons. The molecule has 0 bridgehead atoms. The van der Waals surface area contributed by atoms with Crippen molar-refractivity contribution < 1.29 is 4.52 Å². The molecule has 0 atom stereocenters. The highest BCUT2D eigenvalue weighted by molar-refractivity contribution is 6.04. The van der Waals surface area contributed by atoms with E-state index in [1.807, 2.05) is 24.3 Å². The lowest BCUT2D eigenvalue weighted by atomic mass is 9.99. The molecular weight excluding hydrogens is 236 g/mol. The first kappa shape index (κ1) is 10.3. The smallest absolute Gasteiger partial charge is 0.197 e. The summed E-state index contributed by atoms with van der Waals surface area (Å²) in [6, 6.07) is 18.7. The maximum Gasteiger partial charge on any atom is 0.197 e. The number of aromatic nitrogens is 2. The Morgan fingerprint density at radius 3 is 2.42 bits per heavy atom. The van der Waals surface area contributed by atoms with Crippen molar-refractivity contribution in [2.24, 2.45) is 0 Å². The SMILES string of the molecule is [c]1nnoc1-c1cccc2cc3ccccc3cc12. The molecule has 19 heavy (non-hydrogen) atoms. The molecule has 0 aliphatic carbocycles. The fourth-order valence-electron chi connectivity index (χ4n) is 2.42. The molecule has 0 amide bonds. The van der Waals surface area contributed by atoms with Gasteiger partial charge in [-0.1, -0.05) is 42.5 Å². The van der Waals surface area contributed by atoms with Gasteiger partial charge in [-0.3, -0.25) is 0 Å². The van der Waals surface area contributed by atoms with E-state index >= 15 is 0 Å². The van der Waals surface area contributed by atoms with Crippen LogP contribution in [-0.2, 0) is 0 Å². The van der Waals surface area contributed by atoms with Crippen molar-refractivity contribution in [2.75, 3.05) is 0 Å². The molecule has 0 N–H and O–H groups in total. The Bertz CT molecular complexity index is 866. The summed E-state index contributed by atoms with van der Waals surface area (Å²) in [5.41, 5.74) is 0.966. The number of hydrogen-bond donors (Lipinski definition) is 0. The molecule has 0 saturated heterocycles. The topological polar surface area (TPSA) is 38.9 Å². The Kier molecular flexibility index (Phi) is 2.12. The van der Waals surface area contributed by atoms with E-state index < -0.39 is 0 Å². The van der Waals surface area contributed by atoms with Crippen LogP contribution in [0.4, 0.5) is 0 Å². The molecule has 4 rings (SSSR count). The molecular formula is C16H9N2O. The van der Waals surface area contributed by atoms with Crippen LogP contribution in [0.1, 0.15) is 0 Å². The molecule has 1 aromatic heterocycles. The van der Waals surface area contributed by atoms with Gasteiger partial charge < -0.3 is 4.52 Å². The zero-order chi connectivity index (χ0) is 12.7. The van der Waals surface area contributed by atoms with Crippen molar-refractivity contribution >= 4 is 21.5 Å². The summed E-state index contributed by atoms with van der Waals surface area (Å²) in [5.74, 6) is 0.570. The molecule has 3 aromatic carbocycles. The third-order valence-electron chi connectivity index (χ3n) is 3.32. The van der Waals surface area contributed by atoms with Crippen LogP contribution in [0.15, 0.2) is 59.1 Å². The highest BCUT2D eigenvalue weighted by atomic mass is 16.5. The van der Waals surface area contributed by atoms with E-state index in [1.54, 1.807) is 0 Å². The zero-order valence-electron chi connectivity index (χ0n) is 10.00. The van der Waals surface area contributed by atoms with Gasteiger partial charge in [-0.2, -0.15) is 0 Å². The van der Waals surface area contributed by atoms with Gasteiger partial charge in [0.15, 0.2) is 12.0 Å². The van der Waals surface area contributed by atoms with Gasteiger partial charge in [0.1, 0.15) is 0 Å². The van der Waals surface area contributed by atoms with Crippen molar-refractivity contribution in [3.05, 3.63) is 60.8 Å². The minimum Gasteiger partial charge on any atom is -0.336 e. The minimum atomic E-state index is 0.570. The predicted molar refractivity (Wildman–Crippen MR) is 73.6 cm³/mol. The maximum atomic E-state index is 5.12. The average Bonchev–Trinajstić information content (AvgIpc) is 2.98. The van der Waals surface area contributed by atoms with Gasteiger partial charge in [-0.05, 0) is 33.7 Å². The fraction of sp³-hybridized carbons (Fsp3) is 0. The predicted octanol–water partition coefficient (Wildman–Crippen LogP) is 3.84. The van der Waals surface area contributed by atoms with Crippen LogP contribution in [0.2, 0.25) is 0 Å². The Morgan fingerprint density at radius 1 is 0.842 bits per heavy atom. The first-order valence-electron chi connectivity index (χ1n) is 6.04. The first-order valence-corrected chi connectivity index (χ1v) is 6.04. The molecule has 0 aliphatic rings. The molecule has 0 fully saturated rings. The summed E-state index contributed by atoms with van der Waals surface area (Å²) >= 11 is 0. The highest BCUT2D eigenvalue weighted by Crippen LogP contribution is 2.30. The first-order chi connectivity index (χ1) is 9.42. The Hall–Kier alpha value is -2.68. The lowest BCUT2D eigenvalue weighted by molar-refractivity contribution is 0.404. The third-order valence-corrected chi connectivity index (χ3v) is 3.32. The van der Waals surface area contributed by atoms with E-state index in [1.165, 1.54) is 16.2 Å². The van der Waals surface area contributed by atoms with Crippen LogP contribution < -0.4 is 0 Å². The average molecular weight is 245 g/mol. The fourth-order valence-corrected chi connectivity index (χ4v) is 2.42. The van der Waals surface area contributed by atoms with Crippen molar-refractivity contribution in [1.29, 1.82) is 0 Å². The normalized spacial score (nSPS) is 11.2. The van der Waals surface area contributed by atoms with E-state index in [-0.39, 0.29) is 0 Å². The van der Waals surface area contributed by atoms with Crippen LogP contribution in [0.5, 0.6) is 0 Å². The number of fused-ring (bicyclic) bond motifs is 2. The highest BCUT2D eigenvalue weighted by Gasteiger charge is 2.09. The summed E-state index contributed by atoms with van der Waals surface area (Å²) in [6.07, 6.45) is 2.77. The lowest BCUT2D eigenvalue weighted by Crippen LogP contribution is -1.81. The van der Waals surface area contributed by atoms with E-state index in [9.17, 15) is 0 Å². The summed E-state index contributed by atoms with van der Waals surface area (Å²) in [5, 5.41) is 11.8. The molecule has 1 heterocycles. The molecule has 3 heteroatoms. The number of hydrogen-bond acceptors (Lipinski definition) is 3. The Morgan fingerprint density at radius 2 is 1.63 bits per heavy atom. The summed E-state index contributed by atoms with van der Waals surface area (Å²) in [4.78, 5) is 0. The number of nitrogens with zero attached hydrogens (tertiary/aromatic N) is 2. The van der Waals surface area contributed by atoms with Crippen LogP contribution >= 0.6 is 0 Å². The second-order valence-corrected chi connectivity index (χ2v) is 4.44. The van der Waals surface area contributed by atoms with Crippen LogP contribution in [0, 0.1) is 6.20 Å². The maximum absolute atomic E-state index is 5.12. The van der Waals surface area contributed by atoms with Gasteiger partial charge in [0.25, 0.3) is 0 Å². The van der Waals surface area contributed by atoms with E-state index in [0.717, 1.165) is 10.9 Å². The van der Waals surface area contributed by atoms with Gasteiger partial charge in [0.2, 0.25) is 0 Å². The quantitative estimate of drug-likeness (QED) is 0.478. The second kappa shape index (κ2) is 3.92.